The van der Waals surface area contributed by atoms with Gasteiger partial charge in [0.2, 0.25) is 0 Å². The minimum absolute atomic E-state index is 0.0904. The molecule has 1 saturated carbocycles. The second kappa shape index (κ2) is 7.92. The van der Waals surface area contributed by atoms with Gasteiger partial charge in [0.15, 0.2) is 0 Å². The fourth-order valence-electron chi connectivity index (χ4n) is 6.01. The number of hydrogen-bond acceptors (Lipinski definition) is 4. The monoisotopic (exact) mass is 440 g/mol. The van der Waals surface area contributed by atoms with Gasteiger partial charge in [-0.15, -0.1) is 5.10 Å². The van der Waals surface area contributed by atoms with E-state index in [9.17, 15) is 13.6 Å². The number of fused-ring (bicyclic) bond motifs is 5. The van der Waals surface area contributed by atoms with E-state index in [-0.39, 0.29) is 47.7 Å². The predicted octanol–water partition coefficient (Wildman–Crippen LogP) is 3.52. The summed E-state index contributed by atoms with van der Waals surface area (Å²) in [6, 6.07) is 5.38. The molecule has 8 heteroatoms. The van der Waals surface area contributed by atoms with Gasteiger partial charge in [-0.2, -0.15) is 5.10 Å². The summed E-state index contributed by atoms with van der Waals surface area (Å²) in [4.78, 5) is 14.3. The third-order valence-electron chi connectivity index (χ3n) is 7.45. The summed E-state index contributed by atoms with van der Waals surface area (Å²) >= 11 is 0. The lowest BCUT2D eigenvalue weighted by atomic mass is 9.67. The molecule has 2 bridgehead atoms. The fourth-order valence-corrected chi connectivity index (χ4v) is 6.01. The van der Waals surface area contributed by atoms with Crippen molar-refractivity contribution >= 4 is 6.03 Å². The average Bonchev–Trinajstić information content (AvgIpc) is 3.26. The van der Waals surface area contributed by atoms with Crippen molar-refractivity contribution in [1.29, 1.82) is 0 Å². The highest BCUT2D eigenvalue weighted by atomic mass is 19.1. The molecule has 168 valence electrons. The summed E-state index contributed by atoms with van der Waals surface area (Å²) in [5, 5.41) is 20.5. The Morgan fingerprint density at radius 3 is 2.81 bits per heavy atom. The Morgan fingerprint density at radius 2 is 2.06 bits per heavy atom. The highest BCUT2D eigenvalue weighted by molar-refractivity contribution is 5.74. The number of amides is 2. The van der Waals surface area contributed by atoms with Gasteiger partial charge in [-0.05, 0) is 55.4 Å². The van der Waals surface area contributed by atoms with Crippen molar-refractivity contribution in [2.45, 2.75) is 37.0 Å². The first-order chi connectivity index (χ1) is 15.5. The van der Waals surface area contributed by atoms with Gasteiger partial charge < -0.3 is 15.3 Å². The van der Waals surface area contributed by atoms with E-state index in [0.29, 0.717) is 13.1 Å². The Morgan fingerprint density at radius 1 is 1.28 bits per heavy atom. The highest BCUT2D eigenvalue weighted by Crippen LogP contribution is 2.63. The molecule has 2 N–H and O–H groups in total. The van der Waals surface area contributed by atoms with E-state index >= 15 is 0 Å². The Balaban J connectivity index is 1.49. The molecule has 5 rings (SSSR count). The fraction of sp³-hybridized carbons (Fsp3) is 0.458. The quantitative estimate of drug-likeness (QED) is 0.713. The predicted molar refractivity (Wildman–Crippen MR) is 115 cm³/mol. The van der Waals surface area contributed by atoms with Crippen molar-refractivity contribution in [2.24, 2.45) is 5.92 Å². The van der Waals surface area contributed by atoms with Crippen LogP contribution in [0.25, 0.3) is 11.3 Å². The van der Waals surface area contributed by atoms with Crippen molar-refractivity contribution in [2.75, 3.05) is 26.2 Å². The number of likely N-dealkylation sites (tertiary alicyclic amines) is 1. The summed E-state index contributed by atoms with van der Waals surface area (Å²) in [6.45, 7) is 5.81. The first kappa shape index (κ1) is 21.0. The van der Waals surface area contributed by atoms with Crippen LogP contribution >= 0.6 is 0 Å². The molecule has 0 spiro atoms. The van der Waals surface area contributed by atoms with Gasteiger partial charge in [0.1, 0.15) is 11.6 Å². The second-order valence-electron chi connectivity index (χ2n) is 8.96. The molecule has 1 aliphatic heterocycles. The van der Waals surface area contributed by atoms with Crippen LogP contribution in [0.1, 0.15) is 42.9 Å². The van der Waals surface area contributed by atoms with Gasteiger partial charge in [-0.25, -0.2) is 13.6 Å². The van der Waals surface area contributed by atoms with E-state index in [1.807, 2.05) is 0 Å². The number of allylic oxidation sites excluding steroid dienone is 1. The van der Waals surface area contributed by atoms with E-state index in [1.165, 1.54) is 18.2 Å². The third-order valence-corrected chi connectivity index (χ3v) is 7.45. The number of aliphatic hydroxyl groups excluding tert-OH is 1. The molecular weight excluding hydrogens is 414 g/mol. The smallest absolute Gasteiger partial charge is 0.317 e. The molecule has 0 radical (unpaired) electrons. The SMILES string of the molecule is C=C1[C@H]2CC[C@]1(C1CCCN(C(=O)NCCO)C1)c1nnc(-c3c(F)cccc3F)cc12. The van der Waals surface area contributed by atoms with Crippen molar-refractivity contribution in [3.63, 3.8) is 0 Å². The zero-order chi connectivity index (χ0) is 22.5. The molecule has 3 atom stereocenters. The Labute approximate surface area is 185 Å². The number of aliphatic hydroxyl groups is 1. The van der Waals surface area contributed by atoms with Crippen LogP contribution in [-0.4, -0.2) is 52.5 Å². The van der Waals surface area contributed by atoms with Gasteiger partial charge >= 0.3 is 6.03 Å². The zero-order valence-electron chi connectivity index (χ0n) is 17.8. The number of nitrogens with zero attached hydrogens (tertiary/aromatic N) is 3. The summed E-state index contributed by atoms with van der Waals surface area (Å²) in [5.74, 6) is -1.08. The molecule has 1 saturated heterocycles. The topological polar surface area (TPSA) is 78.4 Å². The van der Waals surface area contributed by atoms with E-state index in [0.717, 1.165) is 42.5 Å². The normalized spacial score (nSPS) is 26.3. The van der Waals surface area contributed by atoms with Crippen LogP contribution in [0.2, 0.25) is 0 Å². The summed E-state index contributed by atoms with van der Waals surface area (Å²) in [5.41, 5.74) is 2.56. The van der Waals surface area contributed by atoms with E-state index in [4.69, 9.17) is 5.11 Å². The molecule has 2 aromatic rings. The number of benzene rings is 1. The third kappa shape index (κ3) is 3.03. The van der Waals surface area contributed by atoms with Gasteiger partial charge in [-0.3, -0.25) is 0 Å². The number of piperidine rings is 1. The molecule has 2 heterocycles. The summed E-state index contributed by atoms with van der Waals surface area (Å²) in [6.07, 6.45) is 3.62. The highest BCUT2D eigenvalue weighted by Gasteiger charge is 2.58. The van der Waals surface area contributed by atoms with Crippen LogP contribution in [0.15, 0.2) is 36.4 Å². The van der Waals surface area contributed by atoms with Crippen molar-refractivity contribution in [3.8, 4) is 11.3 Å². The first-order valence-corrected chi connectivity index (χ1v) is 11.1. The molecule has 1 aromatic heterocycles. The van der Waals surface area contributed by atoms with E-state index in [2.05, 4.69) is 22.1 Å². The maximum atomic E-state index is 14.3. The molecule has 1 aromatic carbocycles. The lowest BCUT2D eigenvalue weighted by Gasteiger charge is -2.42. The molecule has 3 aliphatic rings. The van der Waals surface area contributed by atoms with Crippen LogP contribution in [0.4, 0.5) is 13.6 Å². The van der Waals surface area contributed by atoms with Crippen LogP contribution < -0.4 is 5.32 Å². The molecule has 2 amide bonds. The molecule has 2 aliphatic carbocycles. The second-order valence-corrected chi connectivity index (χ2v) is 8.96. The summed E-state index contributed by atoms with van der Waals surface area (Å²) < 4.78 is 28.7. The molecule has 32 heavy (non-hydrogen) atoms. The average molecular weight is 440 g/mol. The zero-order valence-corrected chi connectivity index (χ0v) is 17.8. The van der Waals surface area contributed by atoms with Gasteiger partial charge in [-0.1, -0.05) is 18.2 Å². The van der Waals surface area contributed by atoms with E-state index in [1.54, 1.807) is 11.0 Å². The Kier molecular flexibility index (Phi) is 5.20. The lowest BCUT2D eigenvalue weighted by molar-refractivity contribution is 0.135. The molecule has 2 fully saturated rings. The van der Waals surface area contributed by atoms with Crippen LogP contribution in [-0.2, 0) is 5.41 Å². The Hall–Kier alpha value is -2.87. The van der Waals surface area contributed by atoms with Crippen LogP contribution in [0.3, 0.4) is 0 Å². The standard InChI is InChI=1S/C24H26F2N4O2/c1-14-16-7-8-24(14,15-4-3-10-30(13-15)23(32)27-9-11-31)22-17(16)12-20(28-29-22)21-18(25)5-2-6-19(21)26/h2,5-6,12,15-16,31H,1,3-4,7-11,13H2,(H,27,32)/t15?,16-,24+/m1/s1. The van der Waals surface area contributed by atoms with Gasteiger partial charge in [0, 0.05) is 31.0 Å². The molecule has 1 unspecified atom stereocenters. The van der Waals surface area contributed by atoms with Crippen LogP contribution in [0, 0.1) is 17.6 Å². The maximum Gasteiger partial charge on any atom is 0.317 e. The number of halogens is 2. The number of urea groups is 1. The Bertz CT molecular complexity index is 1070. The van der Waals surface area contributed by atoms with E-state index < -0.39 is 11.6 Å². The van der Waals surface area contributed by atoms with Crippen molar-refractivity contribution in [3.05, 3.63) is 59.3 Å². The molecular formula is C24H26F2N4O2. The van der Waals surface area contributed by atoms with Crippen LogP contribution in [0.5, 0.6) is 0 Å². The minimum Gasteiger partial charge on any atom is -0.395 e. The van der Waals surface area contributed by atoms with Gasteiger partial charge in [0.05, 0.1) is 23.6 Å². The van der Waals surface area contributed by atoms with Gasteiger partial charge in [0.25, 0.3) is 0 Å². The number of hydrogen-bond donors (Lipinski definition) is 2. The minimum atomic E-state index is -0.659. The number of aromatic nitrogens is 2. The molecule has 6 nitrogen and oxygen atoms in total. The lowest BCUT2D eigenvalue weighted by Crippen LogP contribution is -2.50. The first-order valence-electron chi connectivity index (χ1n) is 11.1. The maximum absolute atomic E-state index is 14.3. The number of rotatable bonds is 4. The van der Waals surface area contributed by atoms with Crippen molar-refractivity contribution < 1.29 is 18.7 Å². The number of nitrogens with one attached hydrogen (secondary N) is 1. The largest absolute Gasteiger partial charge is 0.395 e. The number of carbonyl (C=O) groups is 1. The summed E-state index contributed by atoms with van der Waals surface area (Å²) in [7, 11) is 0. The van der Waals surface area contributed by atoms with Crippen molar-refractivity contribution in [1.82, 2.24) is 20.4 Å². The number of carbonyl (C=O) groups excluding carboxylic acids is 1.